The van der Waals surface area contributed by atoms with Gasteiger partial charge in [-0.3, -0.25) is 10.1 Å². The van der Waals surface area contributed by atoms with Crippen LogP contribution >= 0.6 is 0 Å². The van der Waals surface area contributed by atoms with Crippen molar-refractivity contribution in [1.82, 2.24) is 0 Å². The molecule has 98 valence electrons. The van der Waals surface area contributed by atoms with E-state index in [4.69, 9.17) is 4.74 Å². The average Bonchev–Trinajstić information content (AvgIpc) is 2.27. The van der Waals surface area contributed by atoms with Crippen LogP contribution in [0, 0.1) is 10.1 Å². The summed E-state index contributed by atoms with van der Waals surface area (Å²) in [5, 5.41) is 14.5. The van der Waals surface area contributed by atoms with Crippen LogP contribution in [-0.2, 0) is 0 Å². The number of para-hydroxylation sites is 1. The summed E-state index contributed by atoms with van der Waals surface area (Å²) in [5.74, 6) is 0.329. The van der Waals surface area contributed by atoms with E-state index in [1.807, 2.05) is 6.92 Å². The van der Waals surface area contributed by atoms with Crippen LogP contribution in [0.3, 0.4) is 0 Å². The quantitative estimate of drug-likeness (QED) is 0.643. The van der Waals surface area contributed by atoms with Crippen LogP contribution in [0.15, 0.2) is 18.2 Å². The number of ether oxygens (including phenoxy) is 1. The Morgan fingerprint density at radius 3 is 2.72 bits per heavy atom. The third-order valence-electron chi connectivity index (χ3n) is 3.37. The second-order valence-corrected chi connectivity index (χ2v) is 4.88. The van der Waals surface area contributed by atoms with Crippen molar-refractivity contribution in [3.8, 4) is 5.75 Å². The van der Waals surface area contributed by atoms with Crippen molar-refractivity contribution in [2.24, 2.45) is 0 Å². The van der Waals surface area contributed by atoms with Gasteiger partial charge in [-0.2, -0.15) is 0 Å². The molecule has 1 aromatic rings. The molecule has 0 aromatic heterocycles. The first-order valence-corrected chi connectivity index (χ1v) is 6.24. The van der Waals surface area contributed by atoms with Gasteiger partial charge in [0.2, 0.25) is 0 Å². The summed E-state index contributed by atoms with van der Waals surface area (Å²) >= 11 is 0. The van der Waals surface area contributed by atoms with Crippen molar-refractivity contribution < 1.29 is 9.66 Å². The second kappa shape index (κ2) is 4.84. The molecule has 1 N–H and O–H groups in total. The van der Waals surface area contributed by atoms with Crippen molar-refractivity contribution in [2.45, 2.75) is 38.6 Å². The molecule has 0 bridgehead atoms. The van der Waals surface area contributed by atoms with E-state index in [1.54, 1.807) is 18.2 Å². The maximum absolute atomic E-state index is 11.2. The molecule has 1 aliphatic carbocycles. The van der Waals surface area contributed by atoms with E-state index in [1.165, 1.54) is 6.42 Å². The number of anilines is 1. The van der Waals surface area contributed by atoms with E-state index in [-0.39, 0.29) is 16.1 Å². The Balaban J connectivity index is 2.33. The van der Waals surface area contributed by atoms with Gasteiger partial charge in [-0.25, -0.2) is 0 Å². The first kappa shape index (κ1) is 12.7. The van der Waals surface area contributed by atoms with E-state index in [0.29, 0.717) is 18.0 Å². The van der Waals surface area contributed by atoms with Gasteiger partial charge in [-0.05, 0) is 45.2 Å². The molecular formula is C13H18N2O3. The lowest BCUT2D eigenvalue weighted by molar-refractivity contribution is -0.385. The summed E-state index contributed by atoms with van der Waals surface area (Å²) in [6.45, 7) is 4.33. The Hall–Kier alpha value is -1.78. The highest BCUT2D eigenvalue weighted by Crippen LogP contribution is 2.40. The molecule has 0 spiro atoms. The van der Waals surface area contributed by atoms with Crippen molar-refractivity contribution >= 4 is 11.4 Å². The fourth-order valence-corrected chi connectivity index (χ4v) is 2.24. The Kier molecular flexibility index (Phi) is 3.41. The molecule has 18 heavy (non-hydrogen) atoms. The van der Waals surface area contributed by atoms with Gasteiger partial charge in [0, 0.05) is 5.54 Å². The van der Waals surface area contributed by atoms with Crippen molar-refractivity contribution in [1.29, 1.82) is 0 Å². The van der Waals surface area contributed by atoms with Crippen molar-refractivity contribution in [2.75, 3.05) is 11.9 Å². The van der Waals surface area contributed by atoms with Crippen LogP contribution in [0.1, 0.15) is 33.1 Å². The van der Waals surface area contributed by atoms with Crippen LogP contribution in [0.5, 0.6) is 5.75 Å². The normalized spacial score (nSPS) is 16.8. The topological polar surface area (TPSA) is 64.4 Å². The lowest BCUT2D eigenvalue weighted by Crippen LogP contribution is -2.41. The first-order chi connectivity index (χ1) is 8.56. The van der Waals surface area contributed by atoms with Crippen LogP contribution in [0.2, 0.25) is 0 Å². The Morgan fingerprint density at radius 1 is 1.50 bits per heavy atom. The monoisotopic (exact) mass is 250 g/mol. The predicted molar refractivity (Wildman–Crippen MR) is 70.1 cm³/mol. The molecule has 0 heterocycles. The van der Waals surface area contributed by atoms with Crippen molar-refractivity contribution in [3.05, 3.63) is 28.3 Å². The molecule has 0 amide bonds. The summed E-state index contributed by atoms with van der Waals surface area (Å²) in [5.41, 5.74) is 0.566. The zero-order valence-corrected chi connectivity index (χ0v) is 10.7. The SMILES string of the molecule is CCOc1cccc(NC2(C)CCC2)c1[N+](=O)[O-]. The van der Waals surface area contributed by atoms with Gasteiger partial charge in [-0.15, -0.1) is 0 Å². The zero-order chi connectivity index (χ0) is 13.2. The zero-order valence-electron chi connectivity index (χ0n) is 10.7. The molecule has 0 atom stereocenters. The van der Waals surface area contributed by atoms with Crippen LogP contribution in [0.4, 0.5) is 11.4 Å². The van der Waals surface area contributed by atoms with Gasteiger partial charge >= 0.3 is 5.69 Å². The number of nitrogens with one attached hydrogen (secondary N) is 1. The lowest BCUT2D eigenvalue weighted by atomic mass is 9.78. The second-order valence-electron chi connectivity index (χ2n) is 4.88. The number of nitro benzene ring substituents is 1. The highest BCUT2D eigenvalue weighted by molar-refractivity contribution is 5.69. The van der Waals surface area contributed by atoms with Crippen molar-refractivity contribution in [3.63, 3.8) is 0 Å². The smallest absolute Gasteiger partial charge is 0.333 e. The Labute approximate surface area is 106 Å². The maximum atomic E-state index is 11.2. The Morgan fingerprint density at radius 2 is 2.22 bits per heavy atom. The summed E-state index contributed by atoms with van der Waals surface area (Å²) in [6.07, 6.45) is 3.26. The predicted octanol–water partition coefficient (Wildman–Crippen LogP) is 3.35. The third-order valence-corrected chi connectivity index (χ3v) is 3.37. The summed E-state index contributed by atoms with van der Waals surface area (Å²) in [6, 6.07) is 5.16. The minimum absolute atomic E-state index is 0.0183. The number of hydrogen-bond acceptors (Lipinski definition) is 4. The van der Waals surface area contributed by atoms with Crippen LogP contribution in [0.25, 0.3) is 0 Å². The van der Waals surface area contributed by atoms with Gasteiger partial charge in [-0.1, -0.05) is 6.07 Å². The van der Waals surface area contributed by atoms with Gasteiger partial charge in [0.15, 0.2) is 5.75 Å². The molecule has 5 heteroatoms. The Bertz CT molecular complexity index is 456. The molecule has 1 aliphatic rings. The van der Waals surface area contributed by atoms with E-state index in [0.717, 1.165) is 12.8 Å². The van der Waals surface area contributed by atoms with Gasteiger partial charge in [0.25, 0.3) is 0 Å². The summed E-state index contributed by atoms with van der Waals surface area (Å²) in [7, 11) is 0. The molecule has 1 aromatic carbocycles. The molecule has 5 nitrogen and oxygen atoms in total. The third kappa shape index (κ3) is 2.39. The number of hydrogen-bond donors (Lipinski definition) is 1. The number of rotatable bonds is 5. The molecular weight excluding hydrogens is 232 g/mol. The van der Waals surface area contributed by atoms with E-state index < -0.39 is 0 Å². The standard InChI is InChI=1S/C13H18N2O3/c1-3-18-11-7-4-6-10(12(11)15(16)17)14-13(2)8-5-9-13/h4,6-7,14H,3,5,8-9H2,1-2H3. The molecule has 2 rings (SSSR count). The fourth-order valence-electron chi connectivity index (χ4n) is 2.24. The first-order valence-electron chi connectivity index (χ1n) is 6.24. The minimum atomic E-state index is -0.380. The number of nitrogens with zero attached hydrogens (tertiary/aromatic N) is 1. The minimum Gasteiger partial charge on any atom is -0.487 e. The summed E-state index contributed by atoms with van der Waals surface area (Å²) < 4.78 is 5.32. The van der Waals surface area contributed by atoms with E-state index in [2.05, 4.69) is 12.2 Å². The highest BCUT2D eigenvalue weighted by atomic mass is 16.6. The van der Waals surface area contributed by atoms with Gasteiger partial charge < -0.3 is 10.1 Å². The molecule has 0 unspecified atom stereocenters. The van der Waals surface area contributed by atoms with Gasteiger partial charge in [0.1, 0.15) is 5.69 Å². The average molecular weight is 250 g/mol. The van der Waals surface area contributed by atoms with Crippen LogP contribution < -0.4 is 10.1 Å². The lowest BCUT2D eigenvalue weighted by Gasteiger charge is -2.39. The summed E-state index contributed by atoms with van der Waals surface area (Å²) in [4.78, 5) is 10.8. The number of benzene rings is 1. The molecule has 0 radical (unpaired) electrons. The highest BCUT2D eigenvalue weighted by Gasteiger charge is 2.34. The maximum Gasteiger partial charge on any atom is 0.333 e. The molecule has 0 aliphatic heterocycles. The van der Waals surface area contributed by atoms with Crippen LogP contribution in [-0.4, -0.2) is 17.1 Å². The molecule has 0 saturated heterocycles. The molecule has 1 fully saturated rings. The molecule has 1 saturated carbocycles. The number of nitro groups is 1. The largest absolute Gasteiger partial charge is 0.487 e. The van der Waals surface area contributed by atoms with Gasteiger partial charge in [0.05, 0.1) is 11.5 Å². The fraction of sp³-hybridized carbons (Fsp3) is 0.538. The van der Waals surface area contributed by atoms with E-state index in [9.17, 15) is 10.1 Å². The van der Waals surface area contributed by atoms with E-state index >= 15 is 0 Å².